The number of fused-ring (bicyclic) bond motifs is 1. The van der Waals surface area contributed by atoms with Crippen LogP contribution in [0.5, 0.6) is 0 Å². The van der Waals surface area contributed by atoms with E-state index in [9.17, 15) is 19.5 Å². The molecule has 1 saturated heterocycles. The van der Waals surface area contributed by atoms with E-state index in [1.807, 2.05) is 4.90 Å². The topological polar surface area (TPSA) is 178 Å². The molecule has 0 atom stereocenters. The lowest BCUT2D eigenvalue weighted by Gasteiger charge is -2.28. The van der Waals surface area contributed by atoms with Crippen LogP contribution in [0.15, 0.2) is 18.7 Å². The van der Waals surface area contributed by atoms with Gasteiger partial charge in [0.15, 0.2) is 22.8 Å². The molecule has 0 radical (unpaired) electrons. The third kappa shape index (κ3) is 6.77. The fourth-order valence-corrected chi connectivity index (χ4v) is 3.71. The molecule has 15 nitrogen and oxygen atoms in total. The number of amides is 2. The lowest BCUT2D eigenvalue weighted by molar-refractivity contribution is -0.306. The first-order valence-electron chi connectivity index (χ1n) is 12.6. The smallest absolute Gasteiger partial charge is 0.427 e. The van der Waals surface area contributed by atoms with E-state index in [1.54, 1.807) is 41.5 Å². The number of anilines is 2. The lowest BCUT2D eigenvalue weighted by Crippen LogP contribution is -2.44. The molecular formula is C25H31N8O7-. The van der Waals surface area contributed by atoms with Crippen LogP contribution in [-0.2, 0) is 25.5 Å². The van der Waals surface area contributed by atoms with E-state index in [0.717, 1.165) is 0 Å². The quantitative estimate of drug-likeness (QED) is 0.443. The second-order valence-corrected chi connectivity index (χ2v) is 11.0. The van der Waals surface area contributed by atoms with Crippen molar-refractivity contribution < 1.29 is 33.7 Å². The summed E-state index contributed by atoms with van der Waals surface area (Å²) < 4.78 is 17.5. The Hall–Kier alpha value is -4.40. The van der Waals surface area contributed by atoms with E-state index in [-0.39, 0.29) is 17.4 Å². The number of carbonyl (C=O) groups excluding carboxylic acids is 3. The molecule has 3 aromatic rings. The first-order valence-corrected chi connectivity index (χ1v) is 12.6. The Labute approximate surface area is 230 Å². The van der Waals surface area contributed by atoms with Crippen molar-refractivity contribution in [3.8, 4) is 11.4 Å². The molecule has 0 N–H and O–H groups in total. The van der Waals surface area contributed by atoms with Gasteiger partial charge in [-0.1, -0.05) is 0 Å². The van der Waals surface area contributed by atoms with Gasteiger partial charge in [-0.05, 0) is 41.5 Å². The van der Waals surface area contributed by atoms with Gasteiger partial charge in [0.2, 0.25) is 5.95 Å². The number of carbonyl (C=O) groups is 3. The SMILES string of the molecule is CC(C)(C)OC(=O)N(C(=O)OC(C)(C)C)c1ncc(-c2nc(N3CCOCC3)c3ncn(CC(=O)[O-])c3n2)cn1. The van der Waals surface area contributed by atoms with Crippen molar-refractivity contribution in [3.05, 3.63) is 18.7 Å². The van der Waals surface area contributed by atoms with Gasteiger partial charge in [0.25, 0.3) is 0 Å². The summed E-state index contributed by atoms with van der Waals surface area (Å²) in [6.45, 7) is 11.6. The van der Waals surface area contributed by atoms with Crippen LogP contribution in [0.4, 0.5) is 21.4 Å². The van der Waals surface area contributed by atoms with Gasteiger partial charge in [-0.15, -0.1) is 4.90 Å². The van der Waals surface area contributed by atoms with Gasteiger partial charge < -0.3 is 33.6 Å². The summed E-state index contributed by atoms with van der Waals surface area (Å²) in [7, 11) is 0. The molecule has 40 heavy (non-hydrogen) atoms. The third-order valence-corrected chi connectivity index (χ3v) is 5.30. The van der Waals surface area contributed by atoms with Crippen molar-refractivity contribution in [2.75, 3.05) is 36.1 Å². The maximum absolute atomic E-state index is 12.9. The van der Waals surface area contributed by atoms with Crippen LogP contribution in [0.3, 0.4) is 0 Å². The average Bonchev–Trinajstić information content (AvgIpc) is 3.24. The molecule has 1 aliphatic heterocycles. The summed E-state index contributed by atoms with van der Waals surface area (Å²) in [4.78, 5) is 61.7. The van der Waals surface area contributed by atoms with Crippen molar-refractivity contribution in [1.29, 1.82) is 0 Å². The lowest BCUT2D eigenvalue weighted by atomic mass is 10.2. The number of morpholine rings is 1. The second kappa shape index (κ2) is 11.0. The molecule has 4 heterocycles. The number of carboxylic acids is 1. The van der Waals surface area contributed by atoms with E-state index in [0.29, 0.717) is 48.1 Å². The molecule has 0 bridgehead atoms. The predicted octanol–water partition coefficient (Wildman–Crippen LogP) is 1.55. The maximum atomic E-state index is 12.9. The second-order valence-electron chi connectivity index (χ2n) is 11.0. The van der Waals surface area contributed by atoms with Crippen molar-refractivity contribution in [2.24, 2.45) is 0 Å². The Kier molecular flexibility index (Phi) is 7.86. The van der Waals surface area contributed by atoms with Crippen molar-refractivity contribution in [1.82, 2.24) is 29.5 Å². The zero-order valence-electron chi connectivity index (χ0n) is 23.2. The van der Waals surface area contributed by atoms with Crippen LogP contribution in [0.1, 0.15) is 41.5 Å². The first kappa shape index (κ1) is 28.6. The highest BCUT2D eigenvalue weighted by molar-refractivity contribution is 6.08. The molecule has 0 aromatic carbocycles. The number of imidazole rings is 1. The average molecular weight is 556 g/mol. The van der Waals surface area contributed by atoms with Crippen LogP contribution in [0.25, 0.3) is 22.6 Å². The molecule has 0 aliphatic carbocycles. The van der Waals surface area contributed by atoms with E-state index in [1.165, 1.54) is 23.3 Å². The Morgan fingerprint density at radius 2 is 1.52 bits per heavy atom. The summed E-state index contributed by atoms with van der Waals surface area (Å²) in [6.07, 6.45) is 2.03. The van der Waals surface area contributed by atoms with Crippen molar-refractivity contribution >= 4 is 41.1 Å². The maximum Gasteiger partial charge on any atom is 0.427 e. The van der Waals surface area contributed by atoms with E-state index >= 15 is 0 Å². The van der Waals surface area contributed by atoms with Gasteiger partial charge in [0.05, 0.1) is 37.6 Å². The third-order valence-electron chi connectivity index (χ3n) is 5.30. The minimum Gasteiger partial charge on any atom is -0.548 e. The van der Waals surface area contributed by atoms with Gasteiger partial charge in [0.1, 0.15) is 11.2 Å². The summed E-state index contributed by atoms with van der Waals surface area (Å²) >= 11 is 0. The molecule has 0 saturated carbocycles. The Bertz CT molecular complexity index is 1380. The minimum atomic E-state index is -1.30. The zero-order valence-corrected chi connectivity index (χ0v) is 23.2. The highest BCUT2D eigenvalue weighted by Gasteiger charge is 2.34. The number of imide groups is 1. The summed E-state index contributed by atoms with van der Waals surface area (Å²) in [6, 6.07) is 0. The molecular weight excluding hydrogens is 524 g/mol. The number of aliphatic carboxylic acids is 1. The monoisotopic (exact) mass is 555 g/mol. The molecule has 214 valence electrons. The molecule has 0 unspecified atom stereocenters. The van der Waals surface area contributed by atoms with Crippen LogP contribution < -0.4 is 14.9 Å². The Morgan fingerprint density at radius 3 is 2.05 bits per heavy atom. The molecule has 15 heteroatoms. The van der Waals surface area contributed by atoms with E-state index in [4.69, 9.17) is 14.2 Å². The van der Waals surface area contributed by atoms with Gasteiger partial charge in [0, 0.05) is 25.5 Å². The normalized spacial score (nSPS) is 14.2. The highest BCUT2D eigenvalue weighted by Crippen LogP contribution is 2.28. The molecule has 1 aliphatic rings. The molecule has 3 aromatic heterocycles. The number of hydrogen-bond acceptors (Lipinski definition) is 13. The van der Waals surface area contributed by atoms with E-state index in [2.05, 4.69) is 24.9 Å². The molecule has 0 spiro atoms. The standard InChI is InChI=1S/C25H32N8O7/c1-24(2,3)39-22(36)33(23(37)40-25(4,5)6)21-26-11-15(12-27-21)18-29-19(31-7-9-38-10-8-31)17-20(30-18)32(14-28-17)13-16(34)35/h11-12,14H,7-10,13H2,1-6H3,(H,34,35)/p-1. The van der Waals surface area contributed by atoms with Crippen LogP contribution in [0.2, 0.25) is 0 Å². The summed E-state index contributed by atoms with van der Waals surface area (Å²) in [5.41, 5.74) is -0.751. The van der Waals surface area contributed by atoms with E-state index < -0.39 is 35.9 Å². The fraction of sp³-hybridized carbons (Fsp3) is 0.520. The summed E-state index contributed by atoms with van der Waals surface area (Å²) in [5.74, 6) is -0.900. The fourth-order valence-electron chi connectivity index (χ4n) is 3.71. The van der Waals surface area contributed by atoms with Crippen LogP contribution in [-0.4, -0.2) is 85.1 Å². The first-order chi connectivity index (χ1) is 18.7. The number of rotatable bonds is 5. The number of carboxylic acid groups (broad SMARTS) is 1. The Balaban J connectivity index is 1.75. The van der Waals surface area contributed by atoms with Crippen molar-refractivity contribution in [2.45, 2.75) is 59.3 Å². The number of nitrogens with zero attached hydrogens (tertiary/aromatic N) is 8. The number of aromatic nitrogens is 6. The van der Waals surface area contributed by atoms with Gasteiger partial charge >= 0.3 is 12.2 Å². The molecule has 4 rings (SSSR count). The van der Waals surface area contributed by atoms with Crippen molar-refractivity contribution in [3.63, 3.8) is 0 Å². The molecule has 1 fully saturated rings. The number of hydrogen-bond donors (Lipinski definition) is 0. The minimum absolute atomic E-state index is 0.182. The highest BCUT2D eigenvalue weighted by atomic mass is 16.6. The van der Waals surface area contributed by atoms with Crippen LogP contribution >= 0.6 is 0 Å². The molecule has 2 amide bonds. The number of ether oxygens (including phenoxy) is 3. The van der Waals surface area contributed by atoms with Gasteiger partial charge in [-0.25, -0.2) is 34.5 Å². The van der Waals surface area contributed by atoms with Gasteiger partial charge in [-0.2, -0.15) is 0 Å². The largest absolute Gasteiger partial charge is 0.548 e. The summed E-state index contributed by atoms with van der Waals surface area (Å²) in [5, 5.41) is 11.3. The van der Waals surface area contributed by atoms with Crippen LogP contribution in [0, 0.1) is 0 Å². The predicted molar refractivity (Wildman–Crippen MR) is 139 cm³/mol. The Morgan fingerprint density at radius 1 is 0.950 bits per heavy atom. The van der Waals surface area contributed by atoms with Gasteiger partial charge in [-0.3, -0.25) is 0 Å². The zero-order chi connectivity index (χ0) is 29.2.